The van der Waals surface area contributed by atoms with Crippen molar-refractivity contribution in [2.24, 2.45) is 0 Å². The molecule has 0 fully saturated rings. The van der Waals surface area contributed by atoms with Gasteiger partial charge in [0.05, 0.1) is 23.8 Å². The molecule has 0 saturated heterocycles. The van der Waals surface area contributed by atoms with E-state index in [0.29, 0.717) is 11.6 Å². The predicted molar refractivity (Wildman–Crippen MR) is 83.1 cm³/mol. The van der Waals surface area contributed by atoms with E-state index in [4.69, 9.17) is 11.6 Å². The zero-order valence-electron chi connectivity index (χ0n) is 11.3. The number of nitrogens with zero attached hydrogens (tertiary/aromatic N) is 1. The van der Waals surface area contributed by atoms with Crippen LogP contribution in [-0.2, 0) is 17.8 Å². The van der Waals surface area contributed by atoms with Crippen molar-refractivity contribution in [2.45, 2.75) is 13.0 Å². The lowest BCUT2D eigenvalue weighted by atomic mass is 10.1. The van der Waals surface area contributed by atoms with Gasteiger partial charge in [-0.15, -0.1) is 0 Å². The van der Waals surface area contributed by atoms with Crippen molar-refractivity contribution in [2.75, 3.05) is 0 Å². The smallest absolute Gasteiger partial charge is 0.224 e. The lowest BCUT2D eigenvalue weighted by molar-refractivity contribution is -0.120. The fourth-order valence-electron chi connectivity index (χ4n) is 2.17. The largest absolute Gasteiger partial charge is 0.352 e. The van der Waals surface area contributed by atoms with Crippen LogP contribution in [0.25, 0.3) is 11.0 Å². The Morgan fingerprint density at radius 1 is 1.24 bits per heavy atom. The van der Waals surface area contributed by atoms with Gasteiger partial charge in [0.25, 0.3) is 0 Å². The summed E-state index contributed by atoms with van der Waals surface area (Å²) in [5.74, 6) is -0.0483. The number of nitrogens with one attached hydrogen (secondary N) is 2. The van der Waals surface area contributed by atoms with Gasteiger partial charge in [-0.25, -0.2) is 4.98 Å². The monoisotopic (exact) mass is 299 g/mol. The summed E-state index contributed by atoms with van der Waals surface area (Å²) in [6, 6.07) is 13.2. The van der Waals surface area contributed by atoms with E-state index in [1.807, 2.05) is 36.4 Å². The van der Waals surface area contributed by atoms with Gasteiger partial charge in [0.15, 0.2) is 0 Å². The number of carbonyl (C=O) groups is 1. The highest BCUT2D eigenvalue weighted by atomic mass is 35.5. The van der Waals surface area contributed by atoms with Crippen molar-refractivity contribution >= 4 is 28.5 Å². The molecule has 0 saturated carbocycles. The minimum Gasteiger partial charge on any atom is -0.352 e. The first-order valence-corrected chi connectivity index (χ1v) is 7.02. The zero-order valence-corrected chi connectivity index (χ0v) is 12.0. The maximum atomic E-state index is 12.0. The van der Waals surface area contributed by atoms with Crippen molar-refractivity contribution < 1.29 is 4.79 Å². The highest BCUT2D eigenvalue weighted by Crippen LogP contribution is 2.15. The van der Waals surface area contributed by atoms with Gasteiger partial charge in [-0.05, 0) is 29.3 Å². The van der Waals surface area contributed by atoms with E-state index in [1.165, 1.54) is 0 Å². The summed E-state index contributed by atoms with van der Waals surface area (Å²) in [5.41, 5.74) is 3.74. The molecule has 0 aliphatic carbocycles. The first kappa shape index (κ1) is 13.6. The summed E-state index contributed by atoms with van der Waals surface area (Å²) in [7, 11) is 0. The maximum absolute atomic E-state index is 12.0. The molecule has 2 N–H and O–H groups in total. The number of H-pyrrole nitrogens is 1. The number of halogens is 1. The van der Waals surface area contributed by atoms with E-state index in [-0.39, 0.29) is 12.3 Å². The molecule has 106 valence electrons. The number of fused-ring (bicyclic) bond motifs is 1. The molecule has 0 unspecified atom stereocenters. The third-order valence-electron chi connectivity index (χ3n) is 3.28. The molecule has 0 bridgehead atoms. The zero-order chi connectivity index (χ0) is 14.7. The predicted octanol–water partition coefficient (Wildman–Crippen LogP) is 3.08. The molecule has 4 nitrogen and oxygen atoms in total. The Labute approximate surface area is 127 Å². The van der Waals surface area contributed by atoms with E-state index in [1.54, 1.807) is 12.4 Å². The number of amides is 1. The van der Waals surface area contributed by atoms with E-state index in [0.717, 1.165) is 22.2 Å². The van der Waals surface area contributed by atoms with Gasteiger partial charge >= 0.3 is 0 Å². The molecule has 1 heterocycles. The van der Waals surface area contributed by atoms with E-state index >= 15 is 0 Å². The number of carbonyl (C=O) groups excluding carboxylic acids is 1. The lowest BCUT2D eigenvalue weighted by Gasteiger charge is -2.07. The molecule has 2 aromatic carbocycles. The lowest BCUT2D eigenvalue weighted by Crippen LogP contribution is -2.24. The minimum absolute atomic E-state index is 0.0483. The molecule has 5 heteroatoms. The van der Waals surface area contributed by atoms with Crippen LogP contribution < -0.4 is 5.32 Å². The van der Waals surface area contributed by atoms with Gasteiger partial charge < -0.3 is 10.3 Å². The molecule has 21 heavy (non-hydrogen) atoms. The van der Waals surface area contributed by atoms with Crippen LogP contribution in [-0.4, -0.2) is 15.9 Å². The third-order valence-corrected chi connectivity index (χ3v) is 3.65. The van der Waals surface area contributed by atoms with Gasteiger partial charge in [-0.2, -0.15) is 0 Å². The number of hydrogen-bond donors (Lipinski definition) is 2. The number of benzene rings is 2. The second kappa shape index (κ2) is 5.97. The van der Waals surface area contributed by atoms with Crippen LogP contribution in [0.3, 0.4) is 0 Å². The number of hydrogen-bond acceptors (Lipinski definition) is 2. The van der Waals surface area contributed by atoms with Gasteiger partial charge in [0, 0.05) is 11.6 Å². The Morgan fingerprint density at radius 3 is 2.95 bits per heavy atom. The van der Waals surface area contributed by atoms with Crippen LogP contribution >= 0.6 is 11.6 Å². The molecular formula is C16H14ClN3O. The number of aromatic amines is 1. The molecule has 1 amide bonds. The van der Waals surface area contributed by atoms with Crippen molar-refractivity contribution in [3.8, 4) is 0 Å². The van der Waals surface area contributed by atoms with Crippen LogP contribution in [0.15, 0.2) is 48.8 Å². The van der Waals surface area contributed by atoms with Gasteiger partial charge in [-0.1, -0.05) is 35.9 Å². The summed E-state index contributed by atoms with van der Waals surface area (Å²) >= 11 is 6.05. The van der Waals surface area contributed by atoms with E-state index in [2.05, 4.69) is 15.3 Å². The molecule has 3 aromatic rings. The fraction of sp³-hybridized carbons (Fsp3) is 0.125. The highest BCUT2D eigenvalue weighted by Gasteiger charge is 2.06. The Bertz CT molecular complexity index is 782. The average molecular weight is 300 g/mol. The highest BCUT2D eigenvalue weighted by molar-refractivity contribution is 6.31. The Morgan fingerprint density at radius 2 is 2.10 bits per heavy atom. The Kier molecular flexibility index (Phi) is 3.88. The topological polar surface area (TPSA) is 57.8 Å². The Balaban J connectivity index is 1.61. The van der Waals surface area contributed by atoms with Crippen LogP contribution in [0.4, 0.5) is 0 Å². The number of aromatic nitrogens is 2. The Hall–Kier alpha value is -2.33. The van der Waals surface area contributed by atoms with Crippen LogP contribution in [0.5, 0.6) is 0 Å². The second-order valence-electron chi connectivity index (χ2n) is 4.80. The molecule has 0 aliphatic heterocycles. The summed E-state index contributed by atoms with van der Waals surface area (Å²) in [6.07, 6.45) is 1.94. The minimum atomic E-state index is -0.0483. The van der Waals surface area contributed by atoms with Crippen molar-refractivity contribution in [3.05, 3.63) is 64.9 Å². The summed E-state index contributed by atoms with van der Waals surface area (Å²) in [6.45, 7) is 0.484. The molecule has 0 aliphatic rings. The maximum Gasteiger partial charge on any atom is 0.224 e. The molecule has 3 rings (SSSR count). The first-order valence-electron chi connectivity index (χ1n) is 6.64. The molecule has 1 aromatic heterocycles. The van der Waals surface area contributed by atoms with Crippen LogP contribution in [0.2, 0.25) is 5.02 Å². The first-order chi connectivity index (χ1) is 10.2. The summed E-state index contributed by atoms with van der Waals surface area (Å²) < 4.78 is 0. The SMILES string of the molecule is O=C(Cc1ccccc1Cl)NCc1ccc2nc[nH]c2c1. The normalized spacial score (nSPS) is 10.7. The van der Waals surface area contributed by atoms with Crippen LogP contribution in [0.1, 0.15) is 11.1 Å². The fourth-order valence-corrected chi connectivity index (χ4v) is 2.37. The molecule has 0 spiro atoms. The van der Waals surface area contributed by atoms with Crippen molar-refractivity contribution in [3.63, 3.8) is 0 Å². The quantitative estimate of drug-likeness (QED) is 0.778. The molecule has 0 radical (unpaired) electrons. The number of imidazole rings is 1. The van der Waals surface area contributed by atoms with Crippen molar-refractivity contribution in [1.82, 2.24) is 15.3 Å². The molecular weight excluding hydrogens is 286 g/mol. The standard InChI is InChI=1S/C16H14ClN3O/c17-13-4-2-1-3-12(13)8-16(21)18-9-11-5-6-14-15(7-11)20-10-19-14/h1-7,10H,8-9H2,(H,18,21)(H,19,20). The average Bonchev–Trinajstić information content (AvgIpc) is 2.95. The van der Waals surface area contributed by atoms with Crippen LogP contribution in [0, 0.1) is 0 Å². The summed E-state index contributed by atoms with van der Waals surface area (Å²) in [4.78, 5) is 19.2. The molecule has 0 atom stereocenters. The summed E-state index contributed by atoms with van der Waals surface area (Å²) in [5, 5.41) is 3.52. The second-order valence-corrected chi connectivity index (χ2v) is 5.21. The van der Waals surface area contributed by atoms with Crippen molar-refractivity contribution in [1.29, 1.82) is 0 Å². The van der Waals surface area contributed by atoms with Gasteiger partial charge in [0.1, 0.15) is 0 Å². The van der Waals surface area contributed by atoms with Gasteiger partial charge in [-0.3, -0.25) is 4.79 Å². The van der Waals surface area contributed by atoms with E-state index < -0.39 is 0 Å². The van der Waals surface area contributed by atoms with E-state index in [9.17, 15) is 4.79 Å². The third kappa shape index (κ3) is 3.23. The van der Waals surface area contributed by atoms with Gasteiger partial charge in [0.2, 0.25) is 5.91 Å². The number of rotatable bonds is 4.